The summed E-state index contributed by atoms with van der Waals surface area (Å²) in [6.07, 6.45) is 5.35. The second-order valence-electron chi connectivity index (χ2n) is 6.01. The van der Waals surface area contributed by atoms with Crippen molar-refractivity contribution in [2.45, 2.75) is 38.1 Å². The molecule has 2 aliphatic heterocycles. The molecule has 0 radical (unpaired) electrons. The first kappa shape index (κ1) is 15.5. The van der Waals surface area contributed by atoms with Gasteiger partial charge in [0.25, 0.3) is 10.2 Å². The topological polar surface area (TPSA) is 66.6 Å². The standard InChI is InChI=1S/C12H23N3O2S.ClH/c13-7-11-2-1-5-14(8-11)18(16,17)15-9-10-3-4-12(15)6-10;/h10-12H,1-9,13H2;1H. The molecular weight excluding hydrogens is 286 g/mol. The van der Waals surface area contributed by atoms with Crippen LogP contribution in [0.15, 0.2) is 0 Å². The summed E-state index contributed by atoms with van der Waals surface area (Å²) in [6.45, 7) is 2.63. The molecule has 19 heavy (non-hydrogen) atoms. The summed E-state index contributed by atoms with van der Waals surface area (Å²) in [5.74, 6) is 0.952. The number of nitrogens with zero attached hydrogens (tertiary/aromatic N) is 2. The lowest BCUT2D eigenvalue weighted by molar-refractivity contribution is 0.238. The summed E-state index contributed by atoms with van der Waals surface area (Å²) in [7, 11) is -3.22. The SMILES string of the molecule is Cl.NCC1CCCN(S(=O)(=O)N2CC3CCC2C3)C1. The molecule has 2 bridgehead atoms. The highest BCUT2D eigenvalue weighted by atomic mass is 35.5. The zero-order chi connectivity index (χ0) is 12.8. The van der Waals surface area contributed by atoms with Gasteiger partial charge in [-0.2, -0.15) is 17.0 Å². The van der Waals surface area contributed by atoms with E-state index in [1.54, 1.807) is 8.61 Å². The second-order valence-corrected chi connectivity index (χ2v) is 7.89. The number of piperidine rings is 2. The monoisotopic (exact) mass is 309 g/mol. The molecule has 0 aromatic heterocycles. The second kappa shape index (κ2) is 5.85. The smallest absolute Gasteiger partial charge is 0.282 e. The fourth-order valence-corrected chi connectivity index (χ4v) is 5.76. The Hall–Kier alpha value is 0.120. The van der Waals surface area contributed by atoms with E-state index in [4.69, 9.17) is 5.73 Å². The molecule has 3 aliphatic rings. The van der Waals surface area contributed by atoms with Crippen molar-refractivity contribution in [1.29, 1.82) is 0 Å². The fourth-order valence-electron chi connectivity index (χ4n) is 3.74. The highest BCUT2D eigenvalue weighted by Crippen LogP contribution is 2.40. The minimum absolute atomic E-state index is 0. The number of hydrogen-bond acceptors (Lipinski definition) is 3. The number of nitrogens with two attached hydrogens (primary N) is 1. The van der Waals surface area contributed by atoms with Gasteiger partial charge in [-0.1, -0.05) is 0 Å². The van der Waals surface area contributed by atoms with Crippen molar-refractivity contribution >= 4 is 22.6 Å². The zero-order valence-corrected chi connectivity index (χ0v) is 12.8. The normalized spacial score (nSPS) is 36.4. The Morgan fingerprint density at radius 1 is 1.16 bits per heavy atom. The van der Waals surface area contributed by atoms with Crippen molar-refractivity contribution < 1.29 is 8.42 Å². The van der Waals surface area contributed by atoms with Crippen molar-refractivity contribution in [1.82, 2.24) is 8.61 Å². The van der Waals surface area contributed by atoms with Crippen LogP contribution in [-0.2, 0) is 10.2 Å². The minimum atomic E-state index is -3.22. The predicted molar refractivity (Wildman–Crippen MR) is 77.4 cm³/mol. The van der Waals surface area contributed by atoms with Gasteiger partial charge in [-0.25, -0.2) is 0 Å². The van der Waals surface area contributed by atoms with E-state index in [0.717, 1.165) is 32.2 Å². The Balaban J connectivity index is 0.00000133. The third-order valence-electron chi connectivity index (χ3n) is 4.80. The largest absolute Gasteiger partial charge is 0.330 e. The Labute approximate surface area is 122 Å². The highest BCUT2D eigenvalue weighted by Gasteiger charge is 2.46. The molecule has 5 nitrogen and oxygen atoms in total. The van der Waals surface area contributed by atoms with Gasteiger partial charge in [0.2, 0.25) is 0 Å². The molecule has 3 fully saturated rings. The van der Waals surface area contributed by atoms with Crippen LogP contribution in [0.25, 0.3) is 0 Å². The molecule has 1 aliphatic carbocycles. The van der Waals surface area contributed by atoms with E-state index in [2.05, 4.69) is 0 Å². The number of hydrogen-bond donors (Lipinski definition) is 1. The van der Waals surface area contributed by atoms with Crippen LogP contribution in [-0.4, -0.2) is 49.2 Å². The molecule has 3 unspecified atom stereocenters. The molecule has 2 heterocycles. The number of fused-ring (bicyclic) bond motifs is 2. The van der Waals surface area contributed by atoms with Gasteiger partial charge in [0.15, 0.2) is 0 Å². The van der Waals surface area contributed by atoms with Crippen LogP contribution in [0.1, 0.15) is 32.1 Å². The van der Waals surface area contributed by atoms with E-state index in [1.807, 2.05) is 0 Å². The summed E-state index contributed by atoms with van der Waals surface area (Å²) >= 11 is 0. The zero-order valence-electron chi connectivity index (χ0n) is 11.2. The highest BCUT2D eigenvalue weighted by molar-refractivity contribution is 7.86. The van der Waals surface area contributed by atoms with Crippen LogP contribution >= 0.6 is 12.4 Å². The molecule has 3 rings (SSSR count). The maximum atomic E-state index is 12.7. The Morgan fingerprint density at radius 2 is 1.95 bits per heavy atom. The van der Waals surface area contributed by atoms with Gasteiger partial charge in [0, 0.05) is 25.7 Å². The maximum Gasteiger partial charge on any atom is 0.282 e. The Bertz CT molecular complexity index is 417. The third kappa shape index (κ3) is 2.78. The molecule has 2 saturated heterocycles. The molecular formula is C12H24ClN3O2S. The predicted octanol–water partition coefficient (Wildman–Crippen LogP) is 0.808. The van der Waals surface area contributed by atoms with E-state index < -0.39 is 10.2 Å². The number of halogens is 1. The Kier molecular flexibility index (Phi) is 4.78. The molecule has 2 N–H and O–H groups in total. The van der Waals surface area contributed by atoms with Crippen LogP contribution in [0, 0.1) is 11.8 Å². The van der Waals surface area contributed by atoms with Gasteiger partial charge in [-0.05, 0) is 50.5 Å². The van der Waals surface area contributed by atoms with Crippen LogP contribution in [0.2, 0.25) is 0 Å². The van der Waals surface area contributed by atoms with E-state index >= 15 is 0 Å². The van der Waals surface area contributed by atoms with Crippen molar-refractivity contribution in [2.24, 2.45) is 17.6 Å². The Morgan fingerprint density at radius 3 is 2.53 bits per heavy atom. The molecule has 0 spiro atoms. The van der Waals surface area contributed by atoms with Crippen molar-refractivity contribution in [3.63, 3.8) is 0 Å². The average molecular weight is 310 g/mol. The first-order valence-electron chi connectivity index (χ1n) is 7.08. The van der Waals surface area contributed by atoms with Gasteiger partial charge in [-0.15, -0.1) is 12.4 Å². The van der Waals surface area contributed by atoms with Crippen molar-refractivity contribution in [3.8, 4) is 0 Å². The molecule has 112 valence electrons. The molecule has 3 atom stereocenters. The minimum Gasteiger partial charge on any atom is -0.330 e. The maximum absolute atomic E-state index is 12.7. The lowest BCUT2D eigenvalue weighted by Gasteiger charge is -2.36. The van der Waals surface area contributed by atoms with Crippen molar-refractivity contribution in [2.75, 3.05) is 26.2 Å². The molecule has 0 aromatic rings. The summed E-state index contributed by atoms with van der Waals surface area (Å²) in [5.41, 5.74) is 5.69. The summed E-state index contributed by atoms with van der Waals surface area (Å²) in [4.78, 5) is 0. The number of rotatable bonds is 3. The van der Waals surface area contributed by atoms with Gasteiger partial charge < -0.3 is 5.73 Å². The van der Waals surface area contributed by atoms with Gasteiger partial charge in [-0.3, -0.25) is 0 Å². The van der Waals surface area contributed by atoms with E-state index in [0.29, 0.717) is 31.5 Å². The van der Waals surface area contributed by atoms with Gasteiger partial charge >= 0.3 is 0 Å². The molecule has 7 heteroatoms. The average Bonchev–Trinajstić information content (AvgIpc) is 3.01. The van der Waals surface area contributed by atoms with Crippen LogP contribution in [0.5, 0.6) is 0 Å². The lowest BCUT2D eigenvalue weighted by atomic mass is 10.0. The lowest BCUT2D eigenvalue weighted by Crippen LogP contribution is -2.51. The van der Waals surface area contributed by atoms with Crippen LogP contribution < -0.4 is 5.73 Å². The van der Waals surface area contributed by atoms with Gasteiger partial charge in [0.05, 0.1) is 0 Å². The summed E-state index contributed by atoms with van der Waals surface area (Å²) in [6, 6.07) is 0.276. The fraction of sp³-hybridized carbons (Fsp3) is 1.00. The van der Waals surface area contributed by atoms with E-state index in [9.17, 15) is 8.42 Å². The first-order valence-corrected chi connectivity index (χ1v) is 8.48. The van der Waals surface area contributed by atoms with Gasteiger partial charge in [0.1, 0.15) is 0 Å². The quantitative estimate of drug-likeness (QED) is 0.839. The van der Waals surface area contributed by atoms with E-state index in [-0.39, 0.29) is 18.4 Å². The first-order chi connectivity index (χ1) is 8.61. The van der Waals surface area contributed by atoms with Crippen LogP contribution in [0.4, 0.5) is 0 Å². The summed E-state index contributed by atoms with van der Waals surface area (Å²) < 4.78 is 28.7. The summed E-state index contributed by atoms with van der Waals surface area (Å²) in [5, 5.41) is 0. The molecule has 0 amide bonds. The third-order valence-corrected chi connectivity index (χ3v) is 6.82. The van der Waals surface area contributed by atoms with E-state index in [1.165, 1.54) is 6.42 Å². The molecule has 1 saturated carbocycles. The van der Waals surface area contributed by atoms with Crippen LogP contribution in [0.3, 0.4) is 0 Å². The molecule has 0 aromatic carbocycles. The van der Waals surface area contributed by atoms with Crippen molar-refractivity contribution in [3.05, 3.63) is 0 Å².